The average Bonchev–Trinajstić information content (AvgIpc) is 2.41. The number of hydrogen-bond donors (Lipinski definition) is 2. The maximum absolute atomic E-state index is 11.3. The topological polar surface area (TPSA) is 76.7 Å². The quantitative estimate of drug-likeness (QED) is 0.835. The smallest absolute Gasteiger partial charge is 0.250 e. The van der Waals surface area contributed by atoms with Crippen LogP contribution in [0, 0.1) is 0 Å². The van der Waals surface area contributed by atoms with E-state index < -0.39 is 0 Å². The van der Waals surface area contributed by atoms with Crippen LogP contribution in [-0.2, 0) is 19.1 Å². The number of benzene rings is 1. The molecular weight excluding hydrogens is 260 g/mol. The molecular formula is C14H22N2O4. The molecule has 0 fully saturated rings. The monoisotopic (exact) mass is 282 g/mol. The van der Waals surface area contributed by atoms with Gasteiger partial charge in [-0.25, -0.2) is 0 Å². The fourth-order valence-corrected chi connectivity index (χ4v) is 1.33. The average molecular weight is 282 g/mol. The molecule has 1 rings (SSSR count). The molecule has 0 spiro atoms. The van der Waals surface area contributed by atoms with Gasteiger partial charge in [-0.05, 0) is 18.2 Å². The van der Waals surface area contributed by atoms with Gasteiger partial charge in [0.15, 0.2) is 0 Å². The Balaban J connectivity index is 0.00000172. The summed E-state index contributed by atoms with van der Waals surface area (Å²) >= 11 is 0. The normalized spacial score (nSPS) is 9.20. The molecule has 6 nitrogen and oxygen atoms in total. The highest BCUT2D eigenvalue weighted by atomic mass is 16.5. The Morgan fingerprint density at radius 2 is 1.35 bits per heavy atom. The van der Waals surface area contributed by atoms with Gasteiger partial charge in [0.1, 0.15) is 13.2 Å². The molecule has 0 heterocycles. The molecule has 0 aliphatic rings. The van der Waals surface area contributed by atoms with Gasteiger partial charge in [0.25, 0.3) is 0 Å². The first-order valence-corrected chi connectivity index (χ1v) is 6.33. The van der Waals surface area contributed by atoms with Crippen molar-refractivity contribution in [2.75, 3.05) is 38.1 Å². The van der Waals surface area contributed by atoms with Gasteiger partial charge in [0, 0.05) is 25.6 Å². The molecule has 0 aromatic heterocycles. The van der Waals surface area contributed by atoms with Crippen molar-refractivity contribution in [2.24, 2.45) is 0 Å². The fraction of sp³-hybridized carbons (Fsp3) is 0.429. The Morgan fingerprint density at radius 3 is 1.70 bits per heavy atom. The summed E-state index contributed by atoms with van der Waals surface area (Å²) < 4.78 is 9.41. The number of nitrogens with one attached hydrogen (secondary N) is 2. The summed E-state index contributed by atoms with van der Waals surface area (Å²) in [5, 5.41) is 5.28. The van der Waals surface area contributed by atoms with Crippen molar-refractivity contribution >= 4 is 23.2 Å². The Morgan fingerprint density at radius 1 is 0.950 bits per heavy atom. The zero-order chi connectivity index (χ0) is 15.4. The zero-order valence-corrected chi connectivity index (χ0v) is 12.4. The third-order valence-electron chi connectivity index (χ3n) is 1.98. The highest BCUT2D eigenvalue weighted by molar-refractivity contribution is 5.94. The van der Waals surface area contributed by atoms with Crippen LogP contribution in [0.15, 0.2) is 24.3 Å². The molecule has 2 amide bonds. The number of rotatable bonds is 6. The molecule has 6 heteroatoms. The summed E-state index contributed by atoms with van der Waals surface area (Å²) in [6.45, 7) is 3.97. The SMILES string of the molecule is CC.COCC(=O)Nc1cccc(NC(=O)COC)c1. The van der Waals surface area contributed by atoms with E-state index in [9.17, 15) is 9.59 Å². The van der Waals surface area contributed by atoms with Gasteiger partial charge >= 0.3 is 0 Å². The highest BCUT2D eigenvalue weighted by Crippen LogP contribution is 2.14. The minimum atomic E-state index is -0.252. The third-order valence-corrected chi connectivity index (χ3v) is 1.98. The number of amides is 2. The summed E-state index contributed by atoms with van der Waals surface area (Å²) in [6, 6.07) is 6.82. The summed E-state index contributed by atoms with van der Waals surface area (Å²) in [7, 11) is 2.89. The number of carbonyl (C=O) groups is 2. The number of anilines is 2. The molecule has 0 aliphatic carbocycles. The molecule has 0 atom stereocenters. The van der Waals surface area contributed by atoms with Crippen molar-refractivity contribution in [3.8, 4) is 0 Å². The van der Waals surface area contributed by atoms with Crippen molar-refractivity contribution in [1.82, 2.24) is 0 Å². The van der Waals surface area contributed by atoms with Crippen molar-refractivity contribution in [3.63, 3.8) is 0 Å². The van der Waals surface area contributed by atoms with Crippen LogP contribution >= 0.6 is 0 Å². The number of methoxy groups -OCH3 is 2. The maximum atomic E-state index is 11.3. The second kappa shape index (κ2) is 11.0. The molecule has 2 N–H and O–H groups in total. The minimum absolute atomic E-state index is 0.0136. The lowest BCUT2D eigenvalue weighted by Gasteiger charge is -2.08. The Kier molecular flexibility index (Phi) is 9.90. The first-order valence-electron chi connectivity index (χ1n) is 6.33. The van der Waals surface area contributed by atoms with Crippen LogP contribution in [0.25, 0.3) is 0 Å². The maximum Gasteiger partial charge on any atom is 0.250 e. The molecule has 0 saturated heterocycles. The molecule has 0 saturated carbocycles. The van der Waals surface area contributed by atoms with Crippen molar-refractivity contribution in [3.05, 3.63) is 24.3 Å². The van der Waals surface area contributed by atoms with E-state index in [1.165, 1.54) is 14.2 Å². The van der Waals surface area contributed by atoms with Crippen LogP contribution in [0.3, 0.4) is 0 Å². The van der Waals surface area contributed by atoms with E-state index in [-0.39, 0.29) is 25.0 Å². The number of carbonyl (C=O) groups excluding carboxylic acids is 2. The minimum Gasteiger partial charge on any atom is -0.375 e. The summed E-state index contributed by atoms with van der Waals surface area (Å²) in [6.07, 6.45) is 0. The van der Waals surface area contributed by atoms with E-state index in [1.807, 2.05) is 13.8 Å². The van der Waals surface area contributed by atoms with Crippen LogP contribution in [-0.4, -0.2) is 39.2 Å². The molecule has 0 bridgehead atoms. The lowest BCUT2D eigenvalue weighted by atomic mass is 10.2. The largest absolute Gasteiger partial charge is 0.375 e. The predicted molar refractivity (Wildman–Crippen MR) is 78.8 cm³/mol. The number of ether oxygens (including phenoxy) is 2. The van der Waals surface area contributed by atoms with Gasteiger partial charge in [-0.3, -0.25) is 9.59 Å². The molecule has 0 aliphatic heterocycles. The molecule has 1 aromatic carbocycles. The van der Waals surface area contributed by atoms with E-state index in [0.29, 0.717) is 11.4 Å². The van der Waals surface area contributed by atoms with Crippen molar-refractivity contribution in [2.45, 2.75) is 13.8 Å². The van der Waals surface area contributed by atoms with Crippen LogP contribution in [0.4, 0.5) is 11.4 Å². The summed E-state index contributed by atoms with van der Waals surface area (Å²) in [4.78, 5) is 22.6. The van der Waals surface area contributed by atoms with E-state index in [2.05, 4.69) is 10.6 Å². The second-order valence-corrected chi connectivity index (χ2v) is 3.54. The first-order chi connectivity index (χ1) is 9.65. The lowest BCUT2D eigenvalue weighted by molar-refractivity contribution is -0.120. The van der Waals surface area contributed by atoms with E-state index in [4.69, 9.17) is 9.47 Å². The van der Waals surface area contributed by atoms with Crippen LogP contribution < -0.4 is 10.6 Å². The van der Waals surface area contributed by atoms with Gasteiger partial charge in [-0.1, -0.05) is 19.9 Å². The Hall–Kier alpha value is -1.92. The number of hydrogen-bond acceptors (Lipinski definition) is 4. The molecule has 112 valence electrons. The standard InChI is InChI=1S/C12H16N2O4.C2H6/c1-17-7-11(15)13-9-4-3-5-10(6-9)14-12(16)8-18-2;1-2/h3-6H,7-8H2,1-2H3,(H,13,15)(H,14,16);1-2H3. The molecule has 1 aromatic rings. The summed E-state index contributed by atoms with van der Waals surface area (Å²) in [5.74, 6) is -0.504. The molecule has 20 heavy (non-hydrogen) atoms. The van der Waals surface area contributed by atoms with Gasteiger partial charge in [0.2, 0.25) is 11.8 Å². The van der Waals surface area contributed by atoms with Crippen LogP contribution in [0.2, 0.25) is 0 Å². The summed E-state index contributed by atoms with van der Waals surface area (Å²) in [5.41, 5.74) is 1.18. The second-order valence-electron chi connectivity index (χ2n) is 3.54. The zero-order valence-electron chi connectivity index (χ0n) is 12.4. The van der Waals surface area contributed by atoms with Crippen LogP contribution in [0.1, 0.15) is 13.8 Å². The van der Waals surface area contributed by atoms with Crippen molar-refractivity contribution < 1.29 is 19.1 Å². The first kappa shape index (κ1) is 18.1. The van der Waals surface area contributed by atoms with E-state index >= 15 is 0 Å². The van der Waals surface area contributed by atoms with Gasteiger partial charge in [-0.2, -0.15) is 0 Å². The van der Waals surface area contributed by atoms with Gasteiger partial charge in [-0.15, -0.1) is 0 Å². The third kappa shape index (κ3) is 7.50. The predicted octanol–water partition coefficient (Wildman–Crippen LogP) is 1.88. The van der Waals surface area contributed by atoms with Crippen LogP contribution in [0.5, 0.6) is 0 Å². The highest BCUT2D eigenvalue weighted by Gasteiger charge is 2.04. The molecule has 0 unspecified atom stereocenters. The fourth-order valence-electron chi connectivity index (χ4n) is 1.33. The van der Waals surface area contributed by atoms with Crippen molar-refractivity contribution in [1.29, 1.82) is 0 Å². The Bertz CT molecular complexity index is 386. The van der Waals surface area contributed by atoms with E-state index in [0.717, 1.165) is 0 Å². The lowest BCUT2D eigenvalue weighted by Crippen LogP contribution is -2.18. The van der Waals surface area contributed by atoms with Gasteiger partial charge < -0.3 is 20.1 Å². The molecule has 0 radical (unpaired) electrons. The Labute approximate surface area is 119 Å². The van der Waals surface area contributed by atoms with E-state index in [1.54, 1.807) is 24.3 Å². The van der Waals surface area contributed by atoms with Gasteiger partial charge in [0.05, 0.1) is 0 Å².